The molecule has 0 unspecified atom stereocenters. The van der Waals surface area contributed by atoms with Crippen molar-refractivity contribution in [2.24, 2.45) is 0 Å². The van der Waals surface area contributed by atoms with Crippen molar-refractivity contribution in [2.75, 3.05) is 28.6 Å². The minimum absolute atomic E-state index is 0.246. The van der Waals surface area contributed by atoms with E-state index in [0.29, 0.717) is 17.3 Å². The molecule has 0 aliphatic heterocycles. The van der Waals surface area contributed by atoms with Crippen molar-refractivity contribution in [3.05, 3.63) is 65.7 Å². The summed E-state index contributed by atoms with van der Waals surface area (Å²) in [5.74, 6) is 0.109. The number of carbonyl (C=O) groups excluding carboxylic acids is 2. The molecule has 0 bridgehead atoms. The fourth-order valence-corrected chi connectivity index (χ4v) is 2.85. The molecular formula is C21H23N5O3. The largest absolute Gasteiger partial charge is 0.372 e. The first-order valence-electron chi connectivity index (χ1n) is 9.36. The Morgan fingerprint density at radius 3 is 2.14 bits per heavy atom. The second-order valence-electron chi connectivity index (χ2n) is 6.41. The van der Waals surface area contributed by atoms with E-state index in [9.17, 15) is 9.59 Å². The average Bonchev–Trinajstić information content (AvgIpc) is 3.14. The van der Waals surface area contributed by atoms with Gasteiger partial charge in [-0.1, -0.05) is 5.16 Å². The van der Waals surface area contributed by atoms with Crippen molar-refractivity contribution >= 4 is 29.0 Å². The molecular weight excluding hydrogens is 370 g/mol. The highest BCUT2D eigenvalue weighted by Gasteiger charge is 2.13. The summed E-state index contributed by atoms with van der Waals surface area (Å²) in [5.41, 5.74) is 2.28. The lowest BCUT2D eigenvalue weighted by Crippen LogP contribution is -2.21. The molecule has 2 amide bonds. The van der Waals surface area contributed by atoms with Crippen molar-refractivity contribution in [1.29, 1.82) is 0 Å². The molecule has 0 spiro atoms. The molecule has 0 saturated heterocycles. The third kappa shape index (κ3) is 4.98. The van der Waals surface area contributed by atoms with Gasteiger partial charge in [-0.3, -0.25) is 14.6 Å². The van der Waals surface area contributed by atoms with Gasteiger partial charge in [0.2, 0.25) is 0 Å². The van der Waals surface area contributed by atoms with E-state index >= 15 is 0 Å². The van der Waals surface area contributed by atoms with Crippen LogP contribution in [0.1, 0.15) is 40.3 Å². The van der Waals surface area contributed by atoms with Gasteiger partial charge >= 0.3 is 0 Å². The molecule has 8 nitrogen and oxygen atoms in total. The van der Waals surface area contributed by atoms with E-state index in [4.69, 9.17) is 4.52 Å². The van der Waals surface area contributed by atoms with E-state index < -0.39 is 5.91 Å². The standard InChI is InChI=1S/C21H23N5O3/c1-4-26(5-2)18-8-6-17(7-9-18)23-20(27)15-11-16(13-22-12-15)21(28)24-19-10-14(3)29-25-19/h6-13H,4-5H2,1-3H3,(H,23,27)(H,24,25,28). The van der Waals surface area contributed by atoms with Gasteiger partial charge in [0.05, 0.1) is 11.1 Å². The van der Waals surface area contributed by atoms with Gasteiger partial charge in [0.25, 0.3) is 11.8 Å². The van der Waals surface area contributed by atoms with E-state index in [2.05, 4.69) is 39.5 Å². The Bertz CT molecular complexity index is 994. The molecule has 0 aliphatic carbocycles. The molecule has 0 aliphatic rings. The van der Waals surface area contributed by atoms with Crippen LogP contribution >= 0.6 is 0 Å². The number of anilines is 3. The first-order chi connectivity index (χ1) is 14.0. The lowest BCUT2D eigenvalue weighted by molar-refractivity contribution is 0.102. The Kier molecular flexibility index (Phi) is 6.23. The molecule has 3 rings (SSSR count). The predicted octanol–water partition coefficient (Wildman–Crippen LogP) is 3.73. The number of aryl methyl sites for hydroxylation is 1. The maximum atomic E-state index is 12.6. The second-order valence-corrected chi connectivity index (χ2v) is 6.41. The number of amides is 2. The average molecular weight is 393 g/mol. The topological polar surface area (TPSA) is 100 Å². The van der Waals surface area contributed by atoms with E-state index in [1.54, 1.807) is 13.0 Å². The summed E-state index contributed by atoms with van der Waals surface area (Å²) >= 11 is 0. The highest BCUT2D eigenvalue weighted by Crippen LogP contribution is 2.18. The van der Waals surface area contributed by atoms with Gasteiger partial charge in [-0.2, -0.15) is 0 Å². The molecule has 29 heavy (non-hydrogen) atoms. The number of nitrogens with zero attached hydrogens (tertiary/aromatic N) is 3. The number of nitrogens with one attached hydrogen (secondary N) is 2. The van der Waals surface area contributed by atoms with Gasteiger partial charge in [-0.05, 0) is 51.1 Å². The summed E-state index contributed by atoms with van der Waals surface area (Å²) < 4.78 is 4.92. The molecule has 2 aromatic heterocycles. The third-order valence-corrected chi connectivity index (χ3v) is 4.39. The van der Waals surface area contributed by atoms with Crippen molar-refractivity contribution in [1.82, 2.24) is 10.1 Å². The van der Waals surface area contributed by atoms with Crippen molar-refractivity contribution < 1.29 is 14.1 Å². The molecule has 3 aromatic rings. The fraction of sp³-hybridized carbons (Fsp3) is 0.238. The quantitative estimate of drug-likeness (QED) is 0.634. The highest BCUT2D eigenvalue weighted by atomic mass is 16.5. The lowest BCUT2D eigenvalue weighted by atomic mass is 10.1. The minimum atomic E-state index is -0.427. The van der Waals surface area contributed by atoms with Gasteiger partial charge in [0, 0.05) is 42.9 Å². The Hall–Kier alpha value is -3.68. The van der Waals surface area contributed by atoms with E-state index in [1.807, 2.05) is 24.3 Å². The van der Waals surface area contributed by atoms with Crippen LogP contribution in [0.15, 0.2) is 53.3 Å². The van der Waals surface area contributed by atoms with Crippen molar-refractivity contribution in [3.8, 4) is 0 Å². The Balaban J connectivity index is 1.68. The zero-order valence-electron chi connectivity index (χ0n) is 16.6. The summed E-state index contributed by atoms with van der Waals surface area (Å²) in [6, 6.07) is 10.7. The summed E-state index contributed by atoms with van der Waals surface area (Å²) in [6.45, 7) is 7.75. The number of hydrogen-bond donors (Lipinski definition) is 2. The zero-order valence-corrected chi connectivity index (χ0v) is 16.6. The van der Waals surface area contributed by atoms with Gasteiger partial charge in [-0.15, -0.1) is 0 Å². The highest BCUT2D eigenvalue weighted by molar-refractivity contribution is 6.08. The Morgan fingerprint density at radius 2 is 1.59 bits per heavy atom. The van der Waals surface area contributed by atoms with Gasteiger partial charge < -0.3 is 20.1 Å². The summed E-state index contributed by atoms with van der Waals surface area (Å²) in [4.78, 5) is 31.1. The number of carbonyl (C=O) groups is 2. The maximum absolute atomic E-state index is 12.6. The van der Waals surface area contributed by atoms with Crippen molar-refractivity contribution in [3.63, 3.8) is 0 Å². The lowest BCUT2D eigenvalue weighted by Gasteiger charge is -2.21. The molecule has 1 aromatic carbocycles. The molecule has 2 heterocycles. The van der Waals surface area contributed by atoms with Crippen LogP contribution in [0.2, 0.25) is 0 Å². The van der Waals surface area contributed by atoms with Crippen LogP contribution in [-0.2, 0) is 0 Å². The van der Waals surface area contributed by atoms with Gasteiger partial charge in [0.1, 0.15) is 5.76 Å². The molecule has 0 atom stereocenters. The van der Waals surface area contributed by atoms with Crippen LogP contribution < -0.4 is 15.5 Å². The Morgan fingerprint density at radius 1 is 0.966 bits per heavy atom. The number of hydrogen-bond acceptors (Lipinski definition) is 6. The van der Waals surface area contributed by atoms with E-state index in [0.717, 1.165) is 18.8 Å². The monoisotopic (exact) mass is 393 g/mol. The van der Waals surface area contributed by atoms with Crippen molar-refractivity contribution in [2.45, 2.75) is 20.8 Å². The number of rotatable bonds is 7. The summed E-state index contributed by atoms with van der Waals surface area (Å²) in [6.07, 6.45) is 2.80. The molecule has 2 N–H and O–H groups in total. The fourth-order valence-electron chi connectivity index (χ4n) is 2.85. The number of benzene rings is 1. The first-order valence-corrected chi connectivity index (χ1v) is 9.36. The molecule has 8 heteroatoms. The van der Waals surface area contributed by atoms with Crippen LogP contribution in [-0.4, -0.2) is 35.0 Å². The van der Waals surface area contributed by atoms with Crippen LogP contribution in [0.25, 0.3) is 0 Å². The molecule has 0 fully saturated rings. The molecule has 150 valence electrons. The van der Waals surface area contributed by atoms with Gasteiger partial charge in [0.15, 0.2) is 5.82 Å². The van der Waals surface area contributed by atoms with Crippen LogP contribution in [0, 0.1) is 6.92 Å². The minimum Gasteiger partial charge on any atom is -0.372 e. The molecule has 0 radical (unpaired) electrons. The number of aromatic nitrogens is 2. The van der Waals surface area contributed by atoms with Crippen LogP contribution in [0.5, 0.6) is 0 Å². The Labute approximate surface area is 168 Å². The normalized spacial score (nSPS) is 10.4. The third-order valence-electron chi connectivity index (χ3n) is 4.39. The predicted molar refractivity (Wildman–Crippen MR) is 111 cm³/mol. The van der Waals surface area contributed by atoms with Gasteiger partial charge in [-0.25, -0.2) is 0 Å². The van der Waals surface area contributed by atoms with E-state index in [-0.39, 0.29) is 17.0 Å². The smallest absolute Gasteiger partial charge is 0.258 e. The zero-order chi connectivity index (χ0) is 20.8. The SMILES string of the molecule is CCN(CC)c1ccc(NC(=O)c2cncc(C(=O)Nc3cc(C)on3)c2)cc1. The molecule has 0 saturated carbocycles. The summed E-state index contributed by atoms with van der Waals surface area (Å²) in [5, 5.41) is 9.14. The first kappa shape index (κ1) is 20.1. The van der Waals surface area contributed by atoms with Crippen LogP contribution in [0.4, 0.5) is 17.2 Å². The van der Waals surface area contributed by atoms with E-state index in [1.165, 1.54) is 18.5 Å². The summed E-state index contributed by atoms with van der Waals surface area (Å²) in [7, 11) is 0. The second kappa shape index (κ2) is 9.01. The van der Waals surface area contributed by atoms with Crippen LogP contribution in [0.3, 0.4) is 0 Å². The number of pyridine rings is 1. The maximum Gasteiger partial charge on any atom is 0.258 e.